The maximum atomic E-state index is 5.14. The number of hydrogen-bond acceptors (Lipinski definition) is 3. The van der Waals surface area contributed by atoms with E-state index in [1.807, 2.05) is 0 Å². The molecule has 1 N–H and O–H groups in total. The lowest BCUT2D eigenvalue weighted by atomic mass is 9.89. The van der Waals surface area contributed by atoms with E-state index in [0.717, 1.165) is 24.7 Å². The van der Waals surface area contributed by atoms with E-state index in [2.05, 4.69) is 22.1 Å². The molecule has 4 nitrogen and oxygen atoms in total. The van der Waals surface area contributed by atoms with Crippen LogP contribution >= 0.6 is 0 Å². The summed E-state index contributed by atoms with van der Waals surface area (Å²) in [5.74, 6) is 3.12. The van der Waals surface area contributed by atoms with Gasteiger partial charge >= 0.3 is 0 Å². The van der Waals surface area contributed by atoms with E-state index in [1.165, 1.54) is 32.1 Å². The predicted molar refractivity (Wildman–Crippen MR) is 67.0 cm³/mol. The third-order valence-corrected chi connectivity index (χ3v) is 3.51. The molecule has 1 fully saturated rings. The number of hydrogen-bond donors (Lipinski definition) is 1. The number of ether oxygens (including phenoxy) is 1. The first kappa shape index (κ1) is 12.6. The van der Waals surface area contributed by atoms with Crippen LogP contribution in [-0.4, -0.2) is 28.9 Å². The fourth-order valence-corrected chi connectivity index (χ4v) is 2.62. The summed E-state index contributed by atoms with van der Waals surface area (Å²) in [6, 6.07) is 0. The number of nitrogens with one attached hydrogen (secondary N) is 1. The molecule has 1 aliphatic carbocycles. The minimum absolute atomic E-state index is 0.493. The Morgan fingerprint density at radius 1 is 1.35 bits per heavy atom. The summed E-state index contributed by atoms with van der Waals surface area (Å²) in [7, 11) is 1.74. The van der Waals surface area contributed by atoms with Crippen molar-refractivity contribution in [3.63, 3.8) is 0 Å². The van der Waals surface area contributed by atoms with E-state index in [4.69, 9.17) is 4.74 Å². The van der Waals surface area contributed by atoms with Crippen LogP contribution in [0.15, 0.2) is 0 Å². The van der Waals surface area contributed by atoms with E-state index in [0.29, 0.717) is 11.8 Å². The van der Waals surface area contributed by atoms with Gasteiger partial charge in [0.1, 0.15) is 5.82 Å². The standard InChI is InChI=1S/C13H23N3O/c1-10(9-17-2)8-12-14-13(16-15-12)11-6-4-3-5-7-11/h10-11H,3-9H2,1-2H3,(H,14,15,16). The van der Waals surface area contributed by atoms with Gasteiger partial charge in [0.05, 0.1) is 0 Å². The lowest BCUT2D eigenvalue weighted by Crippen LogP contribution is -2.09. The van der Waals surface area contributed by atoms with E-state index in [-0.39, 0.29) is 0 Å². The molecule has 1 atom stereocenters. The van der Waals surface area contributed by atoms with Crippen molar-refractivity contribution in [3.8, 4) is 0 Å². The molecule has 1 heterocycles. The van der Waals surface area contributed by atoms with Crippen molar-refractivity contribution >= 4 is 0 Å². The number of aromatic amines is 1. The van der Waals surface area contributed by atoms with Crippen molar-refractivity contribution in [2.24, 2.45) is 5.92 Å². The van der Waals surface area contributed by atoms with Gasteiger partial charge in [-0.15, -0.1) is 0 Å². The van der Waals surface area contributed by atoms with Crippen LogP contribution in [0, 0.1) is 5.92 Å². The van der Waals surface area contributed by atoms with Crippen LogP contribution in [0.4, 0.5) is 0 Å². The predicted octanol–water partition coefficient (Wildman–Crippen LogP) is 2.68. The Kier molecular flexibility index (Phi) is 4.54. The van der Waals surface area contributed by atoms with Crippen LogP contribution in [0.1, 0.15) is 56.6 Å². The normalized spacial score (nSPS) is 19.4. The molecule has 0 saturated heterocycles. The maximum Gasteiger partial charge on any atom is 0.153 e. The number of aromatic nitrogens is 3. The molecule has 96 valence electrons. The Hall–Kier alpha value is -0.900. The highest BCUT2D eigenvalue weighted by Crippen LogP contribution is 2.30. The number of H-pyrrole nitrogens is 1. The van der Waals surface area contributed by atoms with Crippen molar-refractivity contribution in [2.75, 3.05) is 13.7 Å². The quantitative estimate of drug-likeness (QED) is 0.856. The van der Waals surface area contributed by atoms with Crippen molar-refractivity contribution < 1.29 is 4.74 Å². The topological polar surface area (TPSA) is 50.8 Å². The zero-order valence-corrected chi connectivity index (χ0v) is 10.9. The lowest BCUT2D eigenvalue weighted by molar-refractivity contribution is 0.159. The SMILES string of the molecule is COCC(C)Cc1nc(C2CCCCC2)n[nH]1. The highest BCUT2D eigenvalue weighted by atomic mass is 16.5. The summed E-state index contributed by atoms with van der Waals surface area (Å²) in [6.45, 7) is 2.95. The van der Waals surface area contributed by atoms with Crippen LogP contribution in [0.25, 0.3) is 0 Å². The molecule has 1 saturated carbocycles. The highest BCUT2D eigenvalue weighted by Gasteiger charge is 2.19. The molecule has 0 radical (unpaired) electrons. The van der Waals surface area contributed by atoms with Gasteiger partial charge in [-0.3, -0.25) is 5.10 Å². The van der Waals surface area contributed by atoms with Gasteiger partial charge in [-0.1, -0.05) is 26.2 Å². The first-order valence-corrected chi connectivity index (χ1v) is 6.69. The minimum Gasteiger partial charge on any atom is -0.384 e. The summed E-state index contributed by atoms with van der Waals surface area (Å²) < 4.78 is 5.14. The van der Waals surface area contributed by atoms with Gasteiger partial charge in [-0.05, 0) is 18.8 Å². The molecular formula is C13H23N3O. The van der Waals surface area contributed by atoms with Gasteiger partial charge in [0, 0.05) is 26.1 Å². The maximum absolute atomic E-state index is 5.14. The Labute approximate surface area is 103 Å². The average Bonchev–Trinajstić information content (AvgIpc) is 2.79. The zero-order chi connectivity index (χ0) is 12.1. The largest absolute Gasteiger partial charge is 0.384 e. The van der Waals surface area contributed by atoms with E-state index in [9.17, 15) is 0 Å². The van der Waals surface area contributed by atoms with Gasteiger partial charge in [0.15, 0.2) is 5.82 Å². The van der Waals surface area contributed by atoms with Gasteiger partial charge < -0.3 is 4.74 Å². The molecule has 0 aliphatic heterocycles. The lowest BCUT2D eigenvalue weighted by Gasteiger charge is -2.18. The molecule has 0 amide bonds. The first-order valence-electron chi connectivity index (χ1n) is 6.69. The molecule has 1 aliphatic rings. The van der Waals surface area contributed by atoms with Crippen molar-refractivity contribution in [3.05, 3.63) is 11.6 Å². The Morgan fingerprint density at radius 3 is 2.82 bits per heavy atom. The zero-order valence-electron chi connectivity index (χ0n) is 10.9. The van der Waals surface area contributed by atoms with Crippen LogP contribution in [0.3, 0.4) is 0 Å². The molecule has 17 heavy (non-hydrogen) atoms. The molecule has 0 bridgehead atoms. The summed E-state index contributed by atoms with van der Waals surface area (Å²) >= 11 is 0. The number of rotatable bonds is 5. The van der Waals surface area contributed by atoms with Gasteiger partial charge in [0.25, 0.3) is 0 Å². The summed E-state index contributed by atoms with van der Waals surface area (Å²) in [6.07, 6.45) is 7.46. The molecule has 4 heteroatoms. The number of methoxy groups -OCH3 is 1. The molecule has 1 aromatic heterocycles. The Morgan fingerprint density at radius 2 is 2.12 bits per heavy atom. The third kappa shape index (κ3) is 3.53. The second-order valence-electron chi connectivity index (χ2n) is 5.24. The van der Waals surface area contributed by atoms with Gasteiger partial charge in [0.2, 0.25) is 0 Å². The van der Waals surface area contributed by atoms with Gasteiger partial charge in [-0.25, -0.2) is 4.98 Å². The Bertz CT molecular complexity index is 331. The molecule has 2 rings (SSSR count). The average molecular weight is 237 g/mol. The fourth-order valence-electron chi connectivity index (χ4n) is 2.62. The third-order valence-electron chi connectivity index (χ3n) is 3.51. The van der Waals surface area contributed by atoms with Crippen LogP contribution in [-0.2, 0) is 11.2 Å². The molecule has 0 spiro atoms. The monoisotopic (exact) mass is 237 g/mol. The minimum atomic E-state index is 0.493. The second kappa shape index (κ2) is 6.15. The second-order valence-corrected chi connectivity index (χ2v) is 5.24. The van der Waals surface area contributed by atoms with E-state index >= 15 is 0 Å². The molecule has 0 aromatic carbocycles. The summed E-state index contributed by atoms with van der Waals surface area (Å²) in [5.41, 5.74) is 0. The first-order chi connectivity index (χ1) is 8.29. The van der Waals surface area contributed by atoms with Crippen molar-refractivity contribution in [1.82, 2.24) is 15.2 Å². The van der Waals surface area contributed by atoms with Gasteiger partial charge in [-0.2, -0.15) is 5.10 Å². The van der Waals surface area contributed by atoms with Crippen LogP contribution in [0.5, 0.6) is 0 Å². The van der Waals surface area contributed by atoms with E-state index < -0.39 is 0 Å². The van der Waals surface area contributed by atoms with Crippen LogP contribution in [0.2, 0.25) is 0 Å². The molecule has 1 aromatic rings. The van der Waals surface area contributed by atoms with Crippen LogP contribution < -0.4 is 0 Å². The number of nitrogens with zero attached hydrogens (tertiary/aromatic N) is 2. The summed E-state index contributed by atoms with van der Waals surface area (Å²) in [5, 5.41) is 7.45. The van der Waals surface area contributed by atoms with Crippen molar-refractivity contribution in [1.29, 1.82) is 0 Å². The van der Waals surface area contributed by atoms with E-state index in [1.54, 1.807) is 7.11 Å². The fraction of sp³-hybridized carbons (Fsp3) is 0.846. The smallest absolute Gasteiger partial charge is 0.153 e. The van der Waals surface area contributed by atoms with Crippen molar-refractivity contribution in [2.45, 2.75) is 51.4 Å². The molecule has 1 unspecified atom stereocenters. The summed E-state index contributed by atoms with van der Waals surface area (Å²) in [4.78, 5) is 4.63. The highest BCUT2D eigenvalue weighted by molar-refractivity contribution is 4.99. The Balaban J connectivity index is 1.90. The molecular weight excluding hydrogens is 214 g/mol.